The van der Waals surface area contributed by atoms with Gasteiger partial charge in [-0.2, -0.15) is 0 Å². The molecule has 1 rings (SSSR count). The Morgan fingerprint density at radius 1 is 1.17 bits per heavy atom. The molecule has 0 aromatic heterocycles. The van der Waals surface area contributed by atoms with Crippen LogP contribution in [0, 0.1) is 5.92 Å². The normalized spacial score (nSPS) is 14.3. The summed E-state index contributed by atoms with van der Waals surface area (Å²) >= 11 is 0. The summed E-state index contributed by atoms with van der Waals surface area (Å²) in [6.45, 7) is 3.29. The summed E-state index contributed by atoms with van der Waals surface area (Å²) in [5.41, 5.74) is 6.75. The first-order chi connectivity index (χ1) is 11.3. The highest BCUT2D eigenvalue weighted by atomic mass is 16.4. The number of carboxylic acid groups (broad SMARTS) is 1. The first kappa shape index (κ1) is 19.6. The van der Waals surface area contributed by atoms with Gasteiger partial charge in [0.25, 0.3) is 0 Å². The molecule has 3 unspecified atom stereocenters. The van der Waals surface area contributed by atoms with Crippen LogP contribution in [0.4, 0.5) is 0 Å². The van der Waals surface area contributed by atoms with Gasteiger partial charge in [-0.1, -0.05) is 50.6 Å². The predicted octanol–water partition coefficient (Wildman–Crippen LogP) is 0.288. The lowest BCUT2D eigenvalue weighted by Gasteiger charge is -2.23. The van der Waals surface area contributed by atoms with Gasteiger partial charge in [0.1, 0.15) is 12.6 Å². The molecule has 7 heteroatoms. The van der Waals surface area contributed by atoms with Crippen LogP contribution in [0.2, 0.25) is 0 Å². The van der Waals surface area contributed by atoms with Crippen LogP contribution < -0.4 is 16.4 Å². The maximum Gasteiger partial charge on any atom is 0.322 e. The highest BCUT2D eigenvalue weighted by molar-refractivity contribution is 5.91. The van der Waals surface area contributed by atoms with E-state index in [-0.39, 0.29) is 12.3 Å². The molecule has 0 aliphatic rings. The van der Waals surface area contributed by atoms with Gasteiger partial charge >= 0.3 is 5.97 Å². The molecule has 0 saturated carbocycles. The van der Waals surface area contributed by atoms with Crippen molar-refractivity contribution in [3.8, 4) is 0 Å². The number of nitrogens with one attached hydrogen (secondary N) is 2. The van der Waals surface area contributed by atoms with Gasteiger partial charge < -0.3 is 21.5 Å². The number of rotatable bonds is 9. The van der Waals surface area contributed by atoms with Crippen LogP contribution in [0.3, 0.4) is 0 Å². The lowest BCUT2D eigenvalue weighted by molar-refractivity contribution is -0.138. The van der Waals surface area contributed by atoms with Crippen molar-refractivity contribution in [2.45, 2.75) is 38.8 Å². The summed E-state index contributed by atoms with van der Waals surface area (Å²) in [6.07, 6.45) is 0.994. The topological polar surface area (TPSA) is 122 Å². The van der Waals surface area contributed by atoms with Crippen molar-refractivity contribution in [2.24, 2.45) is 11.7 Å². The SMILES string of the molecule is CCC(C)C(N)C(=O)NC(Cc1ccccc1)C(=O)NCC(=O)O. The molecule has 0 heterocycles. The third-order valence-electron chi connectivity index (χ3n) is 3.89. The van der Waals surface area contributed by atoms with E-state index in [4.69, 9.17) is 10.8 Å². The molecule has 5 N–H and O–H groups in total. The quantitative estimate of drug-likeness (QED) is 0.517. The molecule has 3 atom stereocenters. The maximum absolute atomic E-state index is 12.3. The molecule has 0 fully saturated rings. The van der Waals surface area contributed by atoms with Gasteiger partial charge in [-0.25, -0.2) is 0 Å². The third kappa shape index (κ3) is 6.37. The van der Waals surface area contributed by atoms with E-state index in [9.17, 15) is 14.4 Å². The second-order valence-corrected chi connectivity index (χ2v) is 5.77. The van der Waals surface area contributed by atoms with Gasteiger partial charge in [-0.05, 0) is 11.5 Å². The molecule has 2 amide bonds. The van der Waals surface area contributed by atoms with Crippen molar-refractivity contribution in [1.29, 1.82) is 0 Å². The maximum atomic E-state index is 12.3. The van der Waals surface area contributed by atoms with Crippen LogP contribution in [0.1, 0.15) is 25.8 Å². The zero-order chi connectivity index (χ0) is 18.1. The third-order valence-corrected chi connectivity index (χ3v) is 3.89. The van der Waals surface area contributed by atoms with E-state index >= 15 is 0 Å². The van der Waals surface area contributed by atoms with E-state index in [1.165, 1.54) is 0 Å². The fourth-order valence-electron chi connectivity index (χ4n) is 2.13. The first-order valence-electron chi connectivity index (χ1n) is 7.94. The molecule has 1 aromatic rings. The van der Waals surface area contributed by atoms with E-state index in [0.717, 1.165) is 12.0 Å². The highest BCUT2D eigenvalue weighted by Crippen LogP contribution is 2.08. The number of hydrogen-bond donors (Lipinski definition) is 4. The number of aliphatic carboxylic acids is 1. The van der Waals surface area contributed by atoms with Gasteiger partial charge in [-0.15, -0.1) is 0 Å². The van der Waals surface area contributed by atoms with Gasteiger partial charge in [0.05, 0.1) is 6.04 Å². The standard InChI is InChI=1S/C17H25N3O4/c1-3-11(2)15(18)17(24)20-13(16(23)19-10-14(21)22)9-12-7-5-4-6-8-12/h4-8,11,13,15H,3,9-10,18H2,1-2H3,(H,19,23)(H,20,24)(H,21,22). The minimum atomic E-state index is -1.15. The Morgan fingerprint density at radius 2 is 1.79 bits per heavy atom. The largest absolute Gasteiger partial charge is 0.480 e. The minimum Gasteiger partial charge on any atom is -0.480 e. The number of amides is 2. The molecule has 0 spiro atoms. The molecular formula is C17H25N3O4. The zero-order valence-corrected chi connectivity index (χ0v) is 14.0. The Balaban J connectivity index is 2.81. The van der Waals surface area contributed by atoms with Gasteiger partial charge in [-0.3, -0.25) is 14.4 Å². The summed E-state index contributed by atoms with van der Waals surface area (Å²) in [7, 11) is 0. The van der Waals surface area contributed by atoms with Crippen molar-refractivity contribution in [3.05, 3.63) is 35.9 Å². The molecule has 1 aromatic carbocycles. The Morgan fingerprint density at radius 3 is 2.33 bits per heavy atom. The number of carboxylic acids is 1. The van der Waals surface area contributed by atoms with Crippen molar-refractivity contribution < 1.29 is 19.5 Å². The number of carbonyl (C=O) groups excluding carboxylic acids is 2. The van der Waals surface area contributed by atoms with E-state index in [1.54, 1.807) is 0 Å². The second kappa shape index (κ2) is 9.67. The van der Waals surface area contributed by atoms with Crippen molar-refractivity contribution in [2.75, 3.05) is 6.54 Å². The number of nitrogens with two attached hydrogens (primary N) is 1. The average molecular weight is 335 g/mol. The van der Waals surface area contributed by atoms with Crippen LogP contribution in [0.5, 0.6) is 0 Å². The van der Waals surface area contributed by atoms with Crippen molar-refractivity contribution in [3.63, 3.8) is 0 Å². The summed E-state index contributed by atoms with van der Waals surface area (Å²) in [5.74, 6) is -2.14. The van der Waals surface area contributed by atoms with Crippen LogP contribution in [0.15, 0.2) is 30.3 Å². The summed E-state index contributed by atoms with van der Waals surface area (Å²) in [6, 6.07) is 7.56. The fourth-order valence-corrected chi connectivity index (χ4v) is 2.13. The molecular weight excluding hydrogens is 310 g/mol. The monoisotopic (exact) mass is 335 g/mol. The van der Waals surface area contributed by atoms with Gasteiger partial charge in [0, 0.05) is 6.42 Å². The minimum absolute atomic E-state index is 0.0237. The molecule has 24 heavy (non-hydrogen) atoms. The van der Waals surface area contributed by atoms with Gasteiger partial charge in [0.15, 0.2) is 0 Å². The second-order valence-electron chi connectivity index (χ2n) is 5.77. The lowest BCUT2D eigenvalue weighted by Crippen LogP contribution is -2.54. The molecule has 132 valence electrons. The Hall–Kier alpha value is -2.41. The van der Waals surface area contributed by atoms with Crippen LogP contribution in [0.25, 0.3) is 0 Å². The molecule has 7 nitrogen and oxygen atoms in total. The number of benzene rings is 1. The lowest BCUT2D eigenvalue weighted by atomic mass is 9.98. The van der Waals surface area contributed by atoms with E-state index < -0.39 is 36.4 Å². The first-order valence-corrected chi connectivity index (χ1v) is 7.94. The van der Waals surface area contributed by atoms with Crippen molar-refractivity contribution in [1.82, 2.24) is 10.6 Å². The Kier molecular flexibility index (Phi) is 7.91. The summed E-state index contributed by atoms with van der Waals surface area (Å²) in [5, 5.41) is 13.6. The number of carbonyl (C=O) groups is 3. The Bertz CT molecular complexity index is 562. The Labute approximate surface area is 141 Å². The molecule has 0 bridgehead atoms. The van der Waals surface area contributed by atoms with Crippen molar-refractivity contribution >= 4 is 17.8 Å². The van der Waals surface area contributed by atoms with Crippen LogP contribution >= 0.6 is 0 Å². The predicted molar refractivity (Wildman–Crippen MR) is 90.2 cm³/mol. The molecule has 0 radical (unpaired) electrons. The van der Waals surface area contributed by atoms with E-state index in [2.05, 4.69) is 10.6 Å². The smallest absolute Gasteiger partial charge is 0.322 e. The zero-order valence-electron chi connectivity index (χ0n) is 14.0. The van der Waals surface area contributed by atoms with Crippen LogP contribution in [-0.4, -0.2) is 41.5 Å². The van der Waals surface area contributed by atoms with Crippen LogP contribution in [-0.2, 0) is 20.8 Å². The molecule has 0 saturated heterocycles. The fraction of sp³-hybridized carbons (Fsp3) is 0.471. The van der Waals surface area contributed by atoms with E-state index in [1.807, 2.05) is 44.2 Å². The van der Waals surface area contributed by atoms with Gasteiger partial charge in [0.2, 0.25) is 11.8 Å². The number of hydrogen-bond acceptors (Lipinski definition) is 4. The summed E-state index contributed by atoms with van der Waals surface area (Å²) < 4.78 is 0. The molecule has 0 aliphatic carbocycles. The van der Waals surface area contributed by atoms with E-state index in [0.29, 0.717) is 0 Å². The molecule has 0 aliphatic heterocycles. The average Bonchev–Trinajstić information content (AvgIpc) is 2.58. The summed E-state index contributed by atoms with van der Waals surface area (Å²) in [4.78, 5) is 35.1. The highest BCUT2D eigenvalue weighted by Gasteiger charge is 2.26.